The minimum absolute atomic E-state index is 0.118. The van der Waals surface area contributed by atoms with Crippen LogP contribution in [0.5, 0.6) is 0 Å². The average molecular weight is 263 g/mol. The fraction of sp³-hybridized carbons (Fsp3) is 0.462. The van der Waals surface area contributed by atoms with Gasteiger partial charge >= 0.3 is 12.0 Å². The van der Waals surface area contributed by atoms with Crippen molar-refractivity contribution in [2.45, 2.75) is 32.4 Å². The predicted octanol–water partition coefficient (Wildman–Crippen LogP) is 1.47. The fourth-order valence-corrected chi connectivity index (χ4v) is 2.21. The molecule has 0 bridgehead atoms. The van der Waals surface area contributed by atoms with Gasteiger partial charge in [0.2, 0.25) is 0 Å². The highest BCUT2D eigenvalue weighted by molar-refractivity contribution is 5.87. The number of carboxylic acid groups (broad SMARTS) is 1. The number of hydrogen-bond donors (Lipinski definition) is 2. The Morgan fingerprint density at radius 2 is 2.37 bits per heavy atom. The fourth-order valence-electron chi connectivity index (χ4n) is 2.21. The number of carboxylic acids is 1. The first-order valence-corrected chi connectivity index (χ1v) is 6.30. The van der Waals surface area contributed by atoms with Crippen molar-refractivity contribution in [2.24, 2.45) is 0 Å². The summed E-state index contributed by atoms with van der Waals surface area (Å²) in [7, 11) is 0. The molecule has 1 fully saturated rings. The lowest BCUT2D eigenvalue weighted by atomic mass is 10.2. The summed E-state index contributed by atoms with van der Waals surface area (Å²) in [6, 6.07) is 3.04. The van der Waals surface area contributed by atoms with Crippen LogP contribution in [0.3, 0.4) is 0 Å². The number of likely N-dealkylation sites (tertiary alicyclic amines) is 1. The molecule has 0 saturated carbocycles. The molecule has 2 N–H and O–H groups in total. The number of nitrogens with zero attached hydrogens (tertiary/aromatic N) is 2. The molecule has 2 rings (SSSR count). The van der Waals surface area contributed by atoms with E-state index in [1.165, 1.54) is 18.3 Å². The Hall–Kier alpha value is -2.11. The summed E-state index contributed by atoms with van der Waals surface area (Å²) in [4.78, 5) is 28.6. The quantitative estimate of drug-likeness (QED) is 0.865. The Morgan fingerprint density at radius 1 is 1.58 bits per heavy atom. The van der Waals surface area contributed by atoms with Crippen molar-refractivity contribution >= 4 is 12.0 Å². The van der Waals surface area contributed by atoms with Crippen LogP contribution in [0.2, 0.25) is 0 Å². The number of pyridine rings is 1. The number of amides is 2. The number of aromatic carboxylic acids is 1. The first-order chi connectivity index (χ1) is 9.08. The summed E-state index contributed by atoms with van der Waals surface area (Å²) < 4.78 is 0. The Kier molecular flexibility index (Phi) is 3.99. The standard InChI is InChI=1S/C13H17N3O3/c1-9-3-2-6-16(9)13(19)15-8-11-7-10(12(17)18)4-5-14-11/h4-5,7,9H,2-3,6,8H2,1H3,(H,15,19)(H,17,18). The van der Waals surface area contributed by atoms with Crippen LogP contribution in [0.15, 0.2) is 18.3 Å². The van der Waals surface area contributed by atoms with Crippen molar-refractivity contribution in [2.75, 3.05) is 6.54 Å². The maximum atomic E-state index is 11.9. The zero-order valence-electron chi connectivity index (χ0n) is 10.8. The zero-order valence-corrected chi connectivity index (χ0v) is 10.8. The first kappa shape index (κ1) is 13.3. The van der Waals surface area contributed by atoms with Crippen LogP contribution in [-0.4, -0.2) is 39.6 Å². The van der Waals surface area contributed by atoms with Crippen LogP contribution < -0.4 is 5.32 Å². The monoisotopic (exact) mass is 263 g/mol. The molecule has 1 atom stereocenters. The van der Waals surface area contributed by atoms with Crippen LogP contribution in [0.1, 0.15) is 35.8 Å². The van der Waals surface area contributed by atoms with Gasteiger partial charge < -0.3 is 15.3 Å². The molecule has 1 aliphatic rings. The third-order valence-electron chi connectivity index (χ3n) is 3.30. The van der Waals surface area contributed by atoms with E-state index < -0.39 is 5.97 Å². The van der Waals surface area contributed by atoms with Gasteiger partial charge in [0, 0.05) is 18.8 Å². The second-order valence-corrected chi connectivity index (χ2v) is 4.68. The summed E-state index contributed by atoms with van der Waals surface area (Å²) >= 11 is 0. The maximum absolute atomic E-state index is 11.9. The topological polar surface area (TPSA) is 82.5 Å². The number of aromatic nitrogens is 1. The van der Waals surface area contributed by atoms with Gasteiger partial charge in [-0.2, -0.15) is 0 Å². The van der Waals surface area contributed by atoms with E-state index in [1.54, 1.807) is 4.90 Å². The van der Waals surface area contributed by atoms with Crippen LogP contribution >= 0.6 is 0 Å². The molecule has 2 heterocycles. The molecule has 0 aliphatic carbocycles. The second-order valence-electron chi connectivity index (χ2n) is 4.68. The Bertz CT molecular complexity index is 490. The van der Waals surface area contributed by atoms with E-state index in [4.69, 9.17) is 5.11 Å². The molecule has 1 aliphatic heterocycles. The van der Waals surface area contributed by atoms with Crippen LogP contribution in [-0.2, 0) is 6.54 Å². The Morgan fingerprint density at radius 3 is 3.00 bits per heavy atom. The largest absolute Gasteiger partial charge is 0.478 e. The molecular weight excluding hydrogens is 246 g/mol. The van der Waals surface area contributed by atoms with Gasteiger partial charge in [0.05, 0.1) is 17.8 Å². The van der Waals surface area contributed by atoms with E-state index >= 15 is 0 Å². The molecule has 6 heteroatoms. The smallest absolute Gasteiger partial charge is 0.335 e. The van der Waals surface area contributed by atoms with E-state index in [0.29, 0.717) is 5.69 Å². The molecule has 102 valence electrons. The van der Waals surface area contributed by atoms with Crippen molar-refractivity contribution in [3.63, 3.8) is 0 Å². The molecule has 0 aromatic carbocycles. The molecular formula is C13H17N3O3. The molecule has 0 radical (unpaired) electrons. The van der Waals surface area contributed by atoms with Crippen molar-refractivity contribution in [3.8, 4) is 0 Å². The molecule has 1 aromatic heterocycles. The van der Waals surface area contributed by atoms with E-state index in [-0.39, 0.29) is 24.2 Å². The highest BCUT2D eigenvalue weighted by Crippen LogP contribution is 2.16. The molecule has 1 aromatic rings. The molecule has 1 saturated heterocycles. The number of carbonyl (C=O) groups excluding carboxylic acids is 1. The van der Waals surface area contributed by atoms with Crippen LogP contribution in [0, 0.1) is 0 Å². The van der Waals surface area contributed by atoms with Gasteiger partial charge in [-0.15, -0.1) is 0 Å². The lowest BCUT2D eigenvalue weighted by molar-refractivity contribution is 0.0696. The van der Waals surface area contributed by atoms with Gasteiger partial charge in [-0.1, -0.05) is 0 Å². The Balaban J connectivity index is 1.93. The van der Waals surface area contributed by atoms with E-state index in [0.717, 1.165) is 19.4 Å². The summed E-state index contributed by atoms with van der Waals surface area (Å²) in [5.41, 5.74) is 0.717. The van der Waals surface area contributed by atoms with E-state index in [1.807, 2.05) is 6.92 Å². The minimum Gasteiger partial charge on any atom is -0.478 e. The molecule has 1 unspecified atom stereocenters. The third-order valence-corrected chi connectivity index (χ3v) is 3.30. The summed E-state index contributed by atoms with van der Waals surface area (Å²) in [6.07, 6.45) is 3.49. The van der Waals surface area contributed by atoms with Crippen molar-refractivity contribution in [1.82, 2.24) is 15.2 Å². The minimum atomic E-state index is -0.997. The van der Waals surface area contributed by atoms with Gasteiger partial charge in [0.25, 0.3) is 0 Å². The normalized spacial score (nSPS) is 18.4. The highest BCUT2D eigenvalue weighted by Gasteiger charge is 2.24. The summed E-state index contributed by atoms with van der Waals surface area (Å²) in [6.45, 7) is 3.04. The zero-order chi connectivity index (χ0) is 13.8. The lowest BCUT2D eigenvalue weighted by Gasteiger charge is -2.21. The molecule has 19 heavy (non-hydrogen) atoms. The SMILES string of the molecule is CC1CCCN1C(=O)NCc1cc(C(=O)O)ccn1. The number of hydrogen-bond acceptors (Lipinski definition) is 3. The lowest BCUT2D eigenvalue weighted by Crippen LogP contribution is -2.41. The summed E-state index contributed by atoms with van der Waals surface area (Å²) in [5.74, 6) is -0.997. The number of rotatable bonds is 3. The first-order valence-electron chi connectivity index (χ1n) is 6.30. The van der Waals surface area contributed by atoms with Crippen LogP contribution in [0.25, 0.3) is 0 Å². The number of urea groups is 1. The van der Waals surface area contributed by atoms with E-state index in [9.17, 15) is 9.59 Å². The maximum Gasteiger partial charge on any atom is 0.335 e. The van der Waals surface area contributed by atoms with Gasteiger partial charge in [0.1, 0.15) is 0 Å². The van der Waals surface area contributed by atoms with Gasteiger partial charge in [-0.05, 0) is 31.9 Å². The van der Waals surface area contributed by atoms with Gasteiger partial charge in [0.15, 0.2) is 0 Å². The Labute approximate surface area is 111 Å². The van der Waals surface area contributed by atoms with Gasteiger partial charge in [-0.25, -0.2) is 9.59 Å². The molecule has 0 spiro atoms. The molecule has 6 nitrogen and oxygen atoms in total. The van der Waals surface area contributed by atoms with Crippen molar-refractivity contribution in [1.29, 1.82) is 0 Å². The number of carbonyl (C=O) groups is 2. The third kappa shape index (κ3) is 3.21. The average Bonchev–Trinajstić information content (AvgIpc) is 2.82. The number of nitrogens with one attached hydrogen (secondary N) is 1. The van der Waals surface area contributed by atoms with Crippen LogP contribution in [0.4, 0.5) is 4.79 Å². The predicted molar refractivity (Wildman–Crippen MR) is 68.8 cm³/mol. The molecule has 2 amide bonds. The van der Waals surface area contributed by atoms with Crippen molar-refractivity contribution < 1.29 is 14.7 Å². The highest BCUT2D eigenvalue weighted by atomic mass is 16.4. The van der Waals surface area contributed by atoms with Crippen molar-refractivity contribution in [3.05, 3.63) is 29.6 Å². The van der Waals surface area contributed by atoms with Gasteiger partial charge in [-0.3, -0.25) is 4.98 Å². The van der Waals surface area contributed by atoms with E-state index in [2.05, 4.69) is 10.3 Å². The second kappa shape index (κ2) is 5.69. The summed E-state index contributed by atoms with van der Waals surface area (Å²) in [5, 5.41) is 11.6.